The quantitative estimate of drug-likeness (QED) is 0.197. The van der Waals surface area contributed by atoms with Crippen LogP contribution in [0, 0.1) is 5.82 Å². The van der Waals surface area contributed by atoms with Gasteiger partial charge in [0.15, 0.2) is 0 Å². The molecule has 4 aromatic rings. The summed E-state index contributed by atoms with van der Waals surface area (Å²) in [6, 6.07) is 21.0. The summed E-state index contributed by atoms with van der Waals surface area (Å²) in [5, 5.41) is 46.0. The Morgan fingerprint density at radius 2 is 1.53 bits per heavy atom. The number of nitrogens with zero attached hydrogens (tertiary/aromatic N) is 1. The van der Waals surface area contributed by atoms with Crippen molar-refractivity contribution in [3.63, 3.8) is 0 Å². The van der Waals surface area contributed by atoms with Gasteiger partial charge in [0.2, 0.25) is 0 Å². The van der Waals surface area contributed by atoms with Gasteiger partial charge in [-0.15, -0.1) is 0 Å². The Kier molecular flexibility index (Phi) is 10.9. The molecule has 0 saturated heterocycles. The lowest BCUT2D eigenvalue weighted by atomic mass is 9.92. The maximum Gasteiger partial charge on any atom is 0.268 e. The molecule has 3 aromatic carbocycles. The van der Waals surface area contributed by atoms with E-state index in [9.17, 15) is 39.2 Å². The minimum absolute atomic E-state index is 0.0125. The second-order valence-corrected chi connectivity index (χ2v) is 11.2. The molecule has 0 aliphatic carbocycles. The number of hydrogen-bond acceptors (Lipinski definition) is 7. The zero-order chi connectivity index (χ0) is 32.7. The van der Waals surface area contributed by atoms with E-state index in [-0.39, 0.29) is 37.4 Å². The molecule has 236 valence electrons. The topological polar surface area (TPSA) is 155 Å². The van der Waals surface area contributed by atoms with E-state index in [1.807, 2.05) is 48.7 Å². The number of carboxylic acids is 2. The average Bonchev–Trinajstić information content (AvgIpc) is 3.35. The van der Waals surface area contributed by atoms with E-state index < -0.39 is 42.3 Å². The number of aliphatic carboxylic acids is 1. The summed E-state index contributed by atoms with van der Waals surface area (Å²) in [7, 11) is 0. The molecule has 1 aromatic heterocycles. The van der Waals surface area contributed by atoms with Crippen molar-refractivity contribution < 1.29 is 39.2 Å². The molecule has 45 heavy (non-hydrogen) atoms. The zero-order valence-electron chi connectivity index (χ0n) is 25.0. The Labute approximate surface area is 260 Å². The van der Waals surface area contributed by atoms with E-state index in [2.05, 4.69) is 5.32 Å². The number of rotatable bonds is 14. The first-order valence-corrected chi connectivity index (χ1v) is 14.7. The van der Waals surface area contributed by atoms with Gasteiger partial charge in [0.05, 0.1) is 18.2 Å². The first-order chi connectivity index (χ1) is 21.5. The Bertz CT molecular complexity index is 1650. The second-order valence-electron chi connectivity index (χ2n) is 11.2. The van der Waals surface area contributed by atoms with Crippen LogP contribution in [0.15, 0.2) is 78.9 Å². The molecule has 0 aliphatic rings. The number of amides is 1. The van der Waals surface area contributed by atoms with E-state index in [1.54, 1.807) is 24.3 Å². The van der Waals surface area contributed by atoms with Gasteiger partial charge in [-0.3, -0.25) is 4.79 Å². The number of aliphatic hydroxyl groups excluding tert-OH is 2. The van der Waals surface area contributed by atoms with Gasteiger partial charge in [-0.25, -0.2) is 4.39 Å². The van der Waals surface area contributed by atoms with Crippen molar-refractivity contribution in [3.8, 4) is 22.3 Å². The number of benzene rings is 3. The summed E-state index contributed by atoms with van der Waals surface area (Å²) in [6.45, 7) is 3.85. The molecule has 0 bridgehead atoms. The van der Waals surface area contributed by atoms with Crippen LogP contribution in [-0.4, -0.2) is 44.8 Å². The van der Waals surface area contributed by atoms with Gasteiger partial charge in [0, 0.05) is 41.8 Å². The van der Waals surface area contributed by atoms with Gasteiger partial charge >= 0.3 is 0 Å². The minimum Gasteiger partial charge on any atom is -0.550 e. The largest absolute Gasteiger partial charge is 0.550 e. The molecule has 0 fully saturated rings. The number of carbonyl (C=O) groups excluding carboxylic acids is 3. The SMILES string of the molecule is CC(C)n1c(CC[C@@H](O)C[C@@H](O)CC(=O)[O-])c(-c2ccc(F)cc2)c(-c2ccccc2)c1C(=O)NCc1cccc(C(=O)[O-])c1. The molecule has 0 unspecified atom stereocenters. The standard InChI is InChI=1S/C35H37FN2O7/c1-21(2)38-29(16-15-27(39)18-28(40)19-30(41)42)31(24-11-13-26(36)14-12-24)32(23-8-4-3-5-9-23)33(38)34(43)37-20-22-7-6-10-25(17-22)35(44)45/h3-14,17,21,27-28,39-40H,15-16,18-20H2,1-2H3,(H,37,43)(H,41,42)(H,44,45)/p-2/t27-,28-/m1/s1. The third kappa shape index (κ3) is 8.23. The summed E-state index contributed by atoms with van der Waals surface area (Å²) in [5.74, 6) is -3.61. The van der Waals surface area contributed by atoms with Crippen molar-refractivity contribution in [1.29, 1.82) is 0 Å². The van der Waals surface area contributed by atoms with Crippen molar-refractivity contribution in [2.24, 2.45) is 0 Å². The second kappa shape index (κ2) is 14.8. The summed E-state index contributed by atoms with van der Waals surface area (Å²) < 4.78 is 15.9. The Morgan fingerprint density at radius 1 is 0.867 bits per heavy atom. The predicted octanol–water partition coefficient (Wildman–Crippen LogP) is 3.02. The molecule has 0 aliphatic heterocycles. The minimum atomic E-state index is -1.42. The summed E-state index contributed by atoms with van der Waals surface area (Å²) >= 11 is 0. The molecule has 2 atom stereocenters. The number of aliphatic hydroxyl groups is 2. The van der Waals surface area contributed by atoms with Crippen molar-refractivity contribution in [1.82, 2.24) is 9.88 Å². The lowest BCUT2D eigenvalue weighted by molar-refractivity contribution is -0.307. The number of aromatic nitrogens is 1. The molecule has 0 spiro atoms. The van der Waals surface area contributed by atoms with Crippen LogP contribution in [0.4, 0.5) is 4.39 Å². The molecular formula is C35H35FN2O7-2. The van der Waals surface area contributed by atoms with E-state index in [4.69, 9.17) is 0 Å². The molecule has 9 nitrogen and oxygen atoms in total. The highest BCUT2D eigenvalue weighted by molar-refractivity contribution is 6.05. The van der Waals surface area contributed by atoms with Gasteiger partial charge in [-0.05, 0) is 73.6 Å². The molecule has 3 N–H and O–H groups in total. The highest BCUT2D eigenvalue weighted by Crippen LogP contribution is 2.42. The van der Waals surface area contributed by atoms with Gasteiger partial charge in [0.1, 0.15) is 11.5 Å². The van der Waals surface area contributed by atoms with Crippen LogP contribution in [0.5, 0.6) is 0 Å². The first kappa shape index (κ1) is 33.1. The molecule has 1 heterocycles. The van der Waals surface area contributed by atoms with Crippen LogP contribution in [0.25, 0.3) is 22.3 Å². The number of nitrogens with one attached hydrogen (secondary N) is 1. The molecule has 0 saturated carbocycles. The van der Waals surface area contributed by atoms with Crippen molar-refractivity contribution in [2.45, 2.75) is 64.3 Å². The number of aromatic carboxylic acids is 1. The monoisotopic (exact) mass is 614 g/mol. The predicted molar refractivity (Wildman–Crippen MR) is 162 cm³/mol. The van der Waals surface area contributed by atoms with Crippen molar-refractivity contribution in [3.05, 3.63) is 107 Å². The third-order valence-corrected chi connectivity index (χ3v) is 7.51. The number of hydrogen-bond donors (Lipinski definition) is 3. The van der Waals surface area contributed by atoms with Crippen molar-refractivity contribution in [2.75, 3.05) is 0 Å². The number of carboxylic acid groups (broad SMARTS) is 2. The highest BCUT2D eigenvalue weighted by atomic mass is 19.1. The summed E-state index contributed by atoms with van der Waals surface area (Å²) in [5.41, 5.74) is 4.20. The fourth-order valence-corrected chi connectivity index (χ4v) is 5.58. The zero-order valence-corrected chi connectivity index (χ0v) is 25.0. The van der Waals surface area contributed by atoms with E-state index in [1.165, 1.54) is 24.3 Å². The fourth-order valence-electron chi connectivity index (χ4n) is 5.58. The van der Waals surface area contributed by atoms with Crippen LogP contribution >= 0.6 is 0 Å². The van der Waals surface area contributed by atoms with E-state index >= 15 is 0 Å². The number of carbonyl (C=O) groups is 3. The molecule has 1 amide bonds. The van der Waals surface area contributed by atoms with Crippen molar-refractivity contribution >= 4 is 17.8 Å². The molecule has 0 radical (unpaired) electrons. The van der Waals surface area contributed by atoms with Crippen LogP contribution < -0.4 is 15.5 Å². The van der Waals surface area contributed by atoms with Crippen LogP contribution in [0.2, 0.25) is 0 Å². The summed E-state index contributed by atoms with van der Waals surface area (Å²) in [4.78, 5) is 36.4. The third-order valence-electron chi connectivity index (χ3n) is 7.51. The smallest absolute Gasteiger partial charge is 0.268 e. The Balaban J connectivity index is 1.84. The molecular weight excluding hydrogens is 579 g/mol. The first-order valence-electron chi connectivity index (χ1n) is 14.7. The van der Waals surface area contributed by atoms with E-state index in [0.717, 1.165) is 5.56 Å². The molecule has 4 rings (SSSR count). The van der Waals surface area contributed by atoms with E-state index in [0.29, 0.717) is 33.6 Å². The maximum atomic E-state index is 14.1. The Hall–Kier alpha value is -4.80. The number of halogens is 1. The van der Waals surface area contributed by atoms with Crippen LogP contribution in [0.1, 0.15) is 71.3 Å². The van der Waals surface area contributed by atoms with Gasteiger partial charge in [-0.1, -0.05) is 60.7 Å². The normalized spacial score (nSPS) is 12.6. The maximum absolute atomic E-state index is 14.1. The van der Waals surface area contributed by atoms with Crippen LogP contribution in [0.3, 0.4) is 0 Å². The summed E-state index contributed by atoms with van der Waals surface area (Å²) in [6.07, 6.45) is -2.73. The average molecular weight is 615 g/mol. The lowest BCUT2D eigenvalue weighted by Gasteiger charge is -2.20. The fraction of sp³-hybridized carbons (Fsp3) is 0.286. The lowest BCUT2D eigenvalue weighted by Crippen LogP contribution is -2.29. The van der Waals surface area contributed by atoms with Gasteiger partial charge in [-0.2, -0.15) is 0 Å². The van der Waals surface area contributed by atoms with Crippen LogP contribution in [-0.2, 0) is 17.8 Å². The highest BCUT2D eigenvalue weighted by Gasteiger charge is 2.30. The van der Waals surface area contributed by atoms with Gasteiger partial charge < -0.3 is 39.9 Å². The Morgan fingerprint density at radius 3 is 2.16 bits per heavy atom. The van der Waals surface area contributed by atoms with Gasteiger partial charge in [0.25, 0.3) is 5.91 Å². The molecule has 10 heteroatoms.